The van der Waals surface area contributed by atoms with E-state index in [2.05, 4.69) is 63.8 Å². The zero-order valence-corrected chi connectivity index (χ0v) is 21.4. The lowest BCUT2D eigenvalue weighted by atomic mass is 9.63. The summed E-state index contributed by atoms with van der Waals surface area (Å²) in [6.07, 6.45) is 2.55. The Morgan fingerprint density at radius 3 is 1.68 bits per heavy atom. The number of carbonyl (C=O) groups excluding carboxylic acids is 2. The number of hydrogen-bond acceptors (Lipinski definition) is 3. The van der Waals surface area contributed by atoms with Crippen molar-refractivity contribution in [1.29, 1.82) is 0 Å². The summed E-state index contributed by atoms with van der Waals surface area (Å²) in [6, 6.07) is 16.1. The third-order valence-electron chi connectivity index (χ3n) is 7.41. The molecule has 1 aliphatic heterocycles. The molecule has 176 valence electrons. The zero-order chi connectivity index (χ0) is 24.4. The van der Waals surface area contributed by atoms with E-state index in [1.54, 1.807) is 0 Å². The standard InChI is InChI=1S/C30H32ClNO2/c1-18-6-8-19(9-7-18)26-27-22(14-29(2,3)16-24(27)33)32(21-12-10-20(31)11-13-21)23-15-30(4,5)17-25(34)28(23)26/h6-13,26H,14-17H2,1-5H3. The summed E-state index contributed by atoms with van der Waals surface area (Å²) in [6.45, 7) is 10.7. The predicted octanol–water partition coefficient (Wildman–Crippen LogP) is 7.54. The highest BCUT2D eigenvalue weighted by Gasteiger charge is 2.49. The van der Waals surface area contributed by atoms with E-state index in [4.69, 9.17) is 11.6 Å². The van der Waals surface area contributed by atoms with Crippen LogP contribution in [-0.4, -0.2) is 11.6 Å². The first kappa shape index (κ1) is 23.1. The van der Waals surface area contributed by atoms with Gasteiger partial charge in [0.1, 0.15) is 0 Å². The fraction of sp³-hybridized carbons (Fsp3) is 0.400. The molecule has 0 saturated heterocycles. The van der Waals surface area contributed by atoms with Crippen molar-refractivity contribution in [2.24, 2.45) is 10.8 Å². The van der Waals surface area contributed by atoms with E-state index in [9.17, 15) is 9.59 Å². The van der Waals surface area contributed by atoms with Gasteiger partial charge in [-0.15, -0.1) is 0 Å². The smallest absolute Gasteiger partial charge is 0.162 e. The van der Waals surface area contributed by atoms with Crippen LogP contribution in [0.5, 0.6) is 0 Å². The van der Waals surface area contributed by atoms with Crippen LogP contribution in [0.1, 0.15) is 70.4 Å². The number of halogens is 1. The number of Topliss-reactive ketones (excluding diaryl/α,β-unsaturated/α-hetero) is 2. The van der Waals surface area contributed by atoms with E-state index in [1.807, 2.05) is 24.3 Å². The molecule has 3 aliphatic rings. The molecule has 5 rings (SSSR count). The number of benzene rings is 2. The van der Waals surface area contributed by atoms with Crippen LogP contribution >= 0.6 is 11.6 Å². The molecule has 4 heteroatoms. The number of carbonyl (C=O) groups is 2. The van der Waals surface area contributed by atoms with Crippen LogP contribution in [0.4, 0.5) is 5.69 Å². The highest BCUT2D eigenvalue weighted by Crippen LogP contribution is 2.55. The van der Waals surface area contributed by atoms with E-state index in [-0.39, 0.29) is 28.3 Å². The lowest BCUT2D eigenvalue weighted by molar-refractivity contribution is -0.119. The Hall–Kier alpha value is -2.65. The van der Waals surface area contributed by atoms with Gasteiger partial charge in [-0.05, 0) is 60.4 Å². The van der Waals surface area contributed by atoms with Gasteiger partial charge in [0.15, 0.2) is 11.6 Å². The number of hydrogen-bond donors (Lipinski definition) is 0. The fourth-order valence-corrected chi connectivity index (χ4v) is 6.09. The molecular formula is C30H32ClNO2. The lowest BCUT2D eigenvalue weighted by Gasteiger charge is -2.49. The van der Waals surface area contributed by atoms with Crippen molar-refractivity contribution in [2.75, 3.05) is 4.90 Å². The Morgan fingerprint density at radius 1 is 0.735 bits per heavy atom. The first-order valence-corrected chi connectivity index (χ1v) is 12.5. The summed E-state index contributed by atoms with van der Waals surface area (Å²) in [4.78, 5) is 29.8. The van der Waals surface area contributed by atoms with Gasteiger partial charge in [-0.2, -0.15) is 0 Å². The van der Waals surface area contributed by atoms with Crippen LogP contribution in [-0.2, 0) is 9.59 Å². The summed E-state index contributed by atoms with van der Waals surface area (Å²) in [7, 11) is 0. The molecule has 2 aromatic rings. The van der Waals surface area contributed by atoms with Gasteiger partial charge in [0, 0.05) is 52.0 Å². The average molecular weight is 474 g/mol. The van der Waals surface area contributed by atoms with Crippen molar-refractivity contribution < 1.29 is 9.59 Å². The Bertz CT molecular complexity index is 1190. The summed E-state index contributed by atoms with van der Waals surface area (Å²) in [5, 5.41) is 0.668. The Labute approximate surface area is 207 Å². The van der Waals surface area contributed by atoms with Crippen molar-refractivity contribution >= 4 is 28.9 Å². The SMILES string of the molecule is Cc1ccc(C2C3=C(CC(C)(C)CC3=O)N(c3ccc(Cl)cc3)C3=C2C(=O)CC(C)(C)C3)cc1. The lowest BCUT2D eigenvalue weighted by Crippen LogP contribution is -2.44. The van der Waals surface area contributed by atoms with Crippen molar-refractivity contribution in [3.63, 3.8) is 0 Å². The predicted molar refractivity (Wildman–Crippen MR) is 138 cm³/mol. The summed E-state index contributed by atoms with van der Waals surface area (Å²) >= 11 is 6.23. The summed E-state index contributed by atoms with van der Waals surface area (Å²) < 4.78 is 0. The van der Waals surface area contributed by atoms with Gasteiger partial charge in [0.25, 0.3) is 0 Å². The van der Waals surface area contributed by atoms with Crippen LogP contribution < -0.4 is 4.90 Å². The van der Waals surface area contributed by atoms with Gasteiger partial charge < -0.3 is 4.90 Å². The van der Waals surface area contributed by atoms with Gasteiger partial charge in [-0.3, -0.25) is 9.59 Å². The van der Waals surface area contributed by atoms with Gasteiger partial charge in [-0.1, -0.05) is 69.1 Å². The molecular weight excluding hydrogens is 442 g/mol. The molecule has 0 amide bonds. The van der Waals surface area contributed by atoms with Crippen molar-refractivity contribution in [3.05, 3.63) is 87.2 Å². The fourth-order valence-electron chi connectivity index (χ4n) is 5.96. The Morgan fingerprint density at radius 2 is 1.21 bits per heavy atom. The molecule has 2 aliphatic carbocycles. The van der Waals surface area contributed by atoms with E-state index in [0.717, 1.165) is 52.2 Å². The first-order chi connectivity index (χ1) is 16.0. The molecule has 2 aromatic carbocycles. The second kappa shape index (κ2) is 7.95. The second-order valence-electron chi connectivity index (χ2n) is 11.8. The van der Waals surface area contributed by atoms with Crippen molar-refractivity contribution in [3.8, 4) is 0 Å². The number of ketones is 2. The summed E-state index contributed by atoms with van der Waals surface area (Å²) in [5.41, 5.74) is 6.53. The first-order valence-electron chi connectivity index (χ1n) is 12.1. The van der Waals surface area contributed by atoms with Crippen molar-refractivity contribution in [2.45, 2.75) is 66.2 Å². The molecule has 0 unspecified atom stereocenters. The maximum Gasteiger partial charge on any atom is 0.162 e. The molecule has 0 atom stereocenters. The third-order valence-corrected chi connectivity index (χ3v) is 7.66. The van der Waals surface area contributed by atoms with E-state index >= 15 is 0 Å². The molecule has 0 N–H and O–H groups in total. The topological polar surface area (TPSA) is 37.4 Å². The average Bonchev–Trinajstić information content (AvgIpc) is 2.72. The van der Waals surface area contributed by atoms with E-state index < -0.39 is 0 Å². The van der Waals surface area contributed by atoms with Gasteiger partial charge in [-0.25, -0.2) is 0 Å². The summed E-state index contributed by atoms with van der Waals surface area (Å²) in [5.74, 6) is 0.00120. The van der Waals surface area contributed by atoms with Crippen LogP contribution in [0.2, 0.25) is 5.02 Å². The third kappa shape index (κ3) is 3.94. The number of allylic oxidation sites excluding steroid dienone is 4. The van der Waals surface area contributed by atoms with Crippen LogP contribution in [0.3, 0.4) is 0 Å². The quantitative estimate of drug-likeness (QED) is 0.452. The van der Waals surface area contributed by atoms with E-state index in [1.165, 1.54) is 0 Å². The molecule has 0 radical (unpaired) electrons. The minimum atomic E-state index is -0.304. The monoisotopic (exact) mass is 473 g/mol. The van der Waals surface area contributed by atoms with Gasteiger partial charge >= 0.3 is 0 Å². The van der Waals surface area contributed by atoms with Crippen LogP contribution in [0.15, 0.2) is 71.1 Å². The molecule has 0 fully saturated rings. The minimum Gasteiger partial charge on any atom is -0.317 e. The largest absolute Gasteiger partial charge is 0.317 e. The highest BCUT2D eigenvalue weighted by molar-refractivity contribution is 6.30. The Balaban J connectivity index is 1.82. The molecule has 0 aromatic heterocycles. The van der Waals surface area contributed by atoms with E-state index in [0.29, 0.717) is 17.9 Å². The zero-order valence-electron chi connectivity index (χ0n) is 20.7. The molecule has 0 bridgehead atoms. The van der Waals surface area contributed by atoms with Crippen molar-refractivity contribution in [1.82, 2.24) is 0 Å². The minimum absolute atomic E-state index is 0.148. The maximum absolute atomic E-state index is 13.8. The number of anilines is 1. The second-order valence-corrected chi connectivity index (χ2v) is 12.2. The molecule has 34 heavy (non-hydrogen) atoms. The van der Waals surface area contributed by atoms with Crippen LogP contribution in [0.25, 0.3) is 0 Å². The van der Waals surface area contributed by atoms with Gasteiger partial charge in [0.05, 0.1) is 0 Å². The normalized spacial score (nSPS) is 22.1. The molecule has 0 spiro atoms. The highest BCUT2D eigenvalue weighted by atomic mass is 35.5. The molecule has 1 heterocycles. The number of rotatable bonds is 2. The van der Waals surface area contributed by atoms with Crippen LogP contribution in [0, 0.1) is 17.8 Å². The van der Waals surface area contributed by atoms with Gasteiger partial charge in [0.2, 0.25) is 0 Å². The number of nitrogens with zero attached hydrogens (tertiary/aromatic N) is 1. The molecule has 3 nitrogen and oxygen atoms in total. The number of aryl methyl sites for hydroxylation is 1. The molecule has 0 saturated carbocycles. The maximum atomic E-state index is 13.8. The Kier molecular flexibility index (Phi) is 5.40.